The maximum Gasteiger partial charge on any atom is 0.131 e. The summed E-state index contributed by atoms with van der Waals surface area (Å²) in [6.45, 7) is 33.4. The number of hydrogen-bond donors (Lipinski definition) is 8. The number of alkyl halides is 2. The molecule has 0 aliphatic carbocycles. The van der Waals surface area contributed by atoms with Gasteiger partial charge in [-0.3, -0.25) is 24.5 Å². The van der Waals surface area contributed by atoms with E-state index in [4.69, 9.17) is 0 Å². The van der Waals surface area contributed by atoms with Crippen molar-refractivity contribution in [3.63, 3.8) is 0 Å². The third kappa shape index (κ3) is 33.9. The van der Waals surface area contributed by atoms with Gasteiger partial charge in [0.2, 0.25) is 0 Å². The Morgan fingerprint density at radius 1 is 0.250 bits per heavy atom. The van der Waals surface area contributed by atoms with E-state index < -0.39 is 24.6 Å². The second-order valence-corrected chi connectivity index (χ2v) is 36.0. The average molecular weight is 1950 g/mol. The third-order valence-corrected chi connectivity index (χ3v) is 24.5. The number of aryl methyl sites for hydroxylation is 4. The molecule has 5 aliphatic heterocycles. The van der Waals surface area contributed by atoms with Crippen LogP contribution in [0.1, 0.15) is 29.7 Å². The molecule has 24 heteroatoms. The first-order chi connectivity index (χ1) is 59.8. The summed E-state index contributed by atoms with van der Waals surface area (Å²) in [7, 11) is 0. The first-order valence-corrected chi connectivity index (χ1v) is 46.7. The highest BCUT2D eigenvalue weighted by atomic mass is 79.9. The van der Waals surface area contributed by atoms with Crippen molar-refractivity contribution in [3.8, 4) is 0 Å². The lowest BCUT2D eigenvalue weighted by Crippen LogP contribution is -2.48. The molecular formula is C100H131Br4F2N15O3. The second kappa shape index (κ2) is 53.3. The van der Waals surface area contributed by atoms with Crippen LogP contribution in [0.2, 0.25) is 0 Å². The van der Waals surface area contributed by atoms with Crippen LogP contribution in [0.5, 0.6) is 0 Å². The molecule has 5 aliphatic rings. The van der Waals surface area contributed by atoms with Gasteiger partial charge in [-0.1, -0.05) is 178 Å². The summed E-state index contributed by atoms with van der Waals surface area (Å²) in [6, 6.07) is 86.6. The lowest BCUT2D eigenvalue weighted by atomic mass is 10.1. The highest BCUT2D eigenvalue weighted by molar-refractivity contribution is 9.11. The fourth-order valence-corrected chi connectivity index (χ4v) is 16.7. The molecule has 18 nitrogen and oxygen atoms in total. The zero-order valence-corrected chi connectivity index (χ0v) is 78.3. The predicted molar refractivity (Wildman–Crippen MR) is 530 cm³/mol. The standard InChI is InChI=1S/C21H29N3O.C20H25BrFN3.C20H26BrN3O.C19H23BrFN3.C19H24BrN3O.CH4/c1-17-3-7-19(8-4-17)24(20-9-5-18(2)6-10-20)16-21(25)15-23-13-11-22-12-14-23;1-16-2-6-19(7-3-16)25(20-8-4-17(21)5-9-20)15-18(22)14-24-12-10-23-11-13-24;1-16-2-6-18(7-3-16)24(19-8-4-17(21)5-9-19)15-20(25)14-23-12-10-22-11-13-23;20-16-6-8-19(9-7-16)24(18-4-2-1-3-5-18)15-17(21)14-23-12-10-22-11-13-23;20-16-6-8-18(9-7-16)23(17-4-2-1-3-5-17)15-19(24)14-22-12-10-21-11-13-22;/h3-10,21-22,25H,11-16H2,1-2H3;2-9,18,23H,10-15H2,1H3;2-9,20,22,25H,10-15H2,1H3;1-9,17,22H,10-15H2;1-9,19,21,24H,10-15H2;1H4. The minimum Gasteiger partial charge on any atom is -0.390 e. The summed E-state index contributed by atoms with van der Waals surface area (Å²) in [4.78, 5) is 22.1. The molecule has 8 N–H and O–H groups in total. The van der Waals surface area contributed by atoms with Gasteiger partial charge >= 0.3 is 0 Å². The summed E-state index contributed by atoms with van der Waals surface area (Å²) >= 11 is 13.9. The van der Waals surface area contributed by atoms with Crippen LogP contribution in [0, 0.1) is 27.7 Å². The monoisotopic (exact) mass is 1940 g/mol. The van der Waals surface area contributed by atoms with E-state index in [2.05, 4.69) is 300 Å². The normalized spacial score (nSPS) is 16.5. The van der Waals surface area contributed by atoms with E-state index in [-0.39, 0.29) is 13.5 Å². The van der Waals surface area contributed by atoms with Gasteiger partial charge < -0.3 is 66.4 Å². The predicted octanol–water partition coefficient (Wildman–Crippen LogP) is 17.3. The number of benzene rings is 10. The molecule has 0 bridgehead atoms. The lowest BCUT2D eigenvalue weighted by Gasteiger charge is -2.32. The van der Waals surface area contributed by atoms with Crippen LogP contribution in [0.3, 0.4) is 0 Å². The van der Waals surface area contributed by atoms with Crippen LogP contribution < -0.4 is 51.1 Å². The summed E-state index contributed by atoms with van der Waals surface area (Å²) in [6.07, 6.45) is -2.98. The van der Waals surface area contributed by atoms with Gasteiger partial charge in [-0.25, -0.2) is 8.78 Å². The minimum absolute atomic E-state index is 0. The van der Waals surface area contributed by atoms with E-state index in [1.165, 1.54) is 22.3 Å². The zero-order chi connectivity index (χ0) is 86.5. The number of para-hydroxylation sites is 2. The quantitative estimate of drug-likeness (QED) is 0.0215. The number of aliphatic hydroxyl groups is 3. The van der Waals surface area contributed by atoms with Crippen LogP contribution in [0.15, 0.2) is 273 Å². The largest absolute Gasteiger partial charge is 0.390 e. The molecule has 5 atom stereocenters. The highest BCUT2D eigenvalue weighted by Gasteiger charge is 2.26. The van der Waals surface area contributed by atoms with E-state index in [1.807, 2.05) is 121 Å². The van der Waals surface area contributed by atoms with Crippen LogP contribution in [-0.4, -0.2) is 267 Å². The molecule has 0 aromatic heterocycles. The van der Waals surface area contributed by atoms with Crippen LogP contribution in [0.4, 0.5) is 65.7 Å². The smallest absolute Gasteiger partial charge is 0.131 e. The first kappa shape index (κ1) is 98.6. The Morgan fingerprint density at radius 3 is 0.605 bits per heavy atom. The molecule has 0 saturated carbocycles. The Labute approximate surface area is 771 Å². The van der Waals surface area contributed by atoms with Gasteiger partial charge in [-0.15, -0.1) is 0 Å². The van der Waals surface area contributed by atoms with Gasteiger partial charge in [0.15, 0.2) is 0 Å². The second-order valence-electron chi connectivity index (χ2n) is 32.4. The topological polar surface area (TPSA) is 153 Å². The number of rotatable bonds is 30. The summed E-state index contributed by atoms with van der Waals surface area (Å²) in [5.41, 5.74) is 15.6. The van der Waals surface area contributed by atoms with Gasteiger partial charge in [0.25, 0.3) is 0 Å². The molecule has 0 amide bonds. The number of nitrogens with one attached hydrogen (secondary N) is 5. The Kier molecular flexibility index (Phi) is 42.4. The van der Waals surface area contributed by atoms with Crippen LogP contribution in [-0.2, 0) is 0 Å². The van der Waals surface area contributed by atoms with Crippen LogP contribution in [0.25, 0.3) is 0 Å². The lowest BCUT2D eigenvalue weighted by molar-refractivity contribution is 0.110. The van der Waals surface area contributed by atoms with E-state index in [0.717, 1.165) is 212 Å². The Balaban J connectivity index is 0.000000162. The number of piperazine rings is 5. The molecule has 5 unspecified atom stereocenters. The molecule has 15 rings (SSSR count). The average Bonchev–Trinajstić information content (AvgIpc) is 0.839. The summed E-state index contributed by atoms with van der Waals surface area (Å²) in [5.74, 6) is 0. The van der Waals surface area contributed by atoms with Crippen molar-refractivity contribution in [2.24, 2.45) is 0 Å². The minimum atomic E-state index is -0.900. The van der Waals surface area contributed by atoms with Gasteiger partial charge in [0.1, 0.15) is 12.3 Å². The Bertz CT molecular complexity index is 4010. The van der Waals surface area contributed by atoms with Crippen molar-refractivity contribution < 1.29 is 24.1 Å². The maximum absolute atomic E-state index is 14.9. The highest BCUT2D eigenvalue weighted by Crippen LogP contribution is 2.34. The van der Waals surface area contributed by atoms with E-state index in [9.17, 15) is 24.1 Å². The van der Waals surface area contributed by atoms with E-state index >= 15 is 0 Å². The maximum atomic E-state index is 14.9. The number of nitrogens with zero attached hydrogens (tertiary/aromatic N) is 10. The molecule has 5 saturated heterocycles. The molecule has 10 aromatic carbocycles. The van der Waals surface area contributed by atoms with Gasteiger partial charge in [0.05, 0.1) is 51.0 Å². The molecular weight excluding hydrogens is 1820 g/mol. The summed E-state index contributed by atoms with van der Waals surface area (Å²) in [5, 5.41) is 48.7. The number of β-amino-alcohol motifs (C(OH)–C–C–N with tert-alkyl or cyclic N) is 3. The Hall–Kier alpha value is -7.54. The van der Waals surface area contributed by atoms with Gasteiger partial charge in [-0.2, -0.15) is 0 Å². The van der Waals surface area contributed by atoms with E-state index in [1.54, 1.807) is 0 Å². The molecule has 5 heterocycles. The van der Waals surface area contributed by atoms with Crippen molar-refractivity contribution in [2.75, 3.05) is 221 Å². The van der Waals surface area contributed by atoms with Crippen molar-refractivity contribution >= 4 is 121 Å². The molecule has 5 fully saturated rings. The fourth-order valence-electron chi connectivity index (χ4n) is 15.6. The van der Waals surface area contributed by atoms with Crippen molar-refractivity contribution in [2.45, 2.75) is 65.8 Å². The SMILES string of the molecule is C.Cc1ccc(N(CC(F)CN2CCNCC2)c2ccc(Br)cc2)cc1.Cc1ccc(N(CC(O)CN2CCNCC2)c2ccc(Br)cc2)cc1.Cc1ccc(N(CC(O)CN2CCNCC2)c2ccc(C)cc2)cc1.FC(CN1CCNCC1)CN(c1ccccc1)c1ccc(Br)cc1.OC(CN1CCNCC1)CN(c1ccccc1)c1ccc(Br)cc1. The van der Waals surface area contributed by atoms with Gasteiger partial charge in [-0.05, 0) is 198 Å². The molecule has 0 radical (unpaired) electrons. The van der Waals surface area contributed by atoms with Crippen molar-refractivity contribution in [3.05, 3.63) is 295 Å². The first-order valence-electron chi connectivity index (χ1n) is 43.5. The molecule has 124 heavy (non-hydrogen) atoms. The number of anilines is 10. The number of halogens is 6. The van der Waals surface area contributed by atoms with Gasteiger partial charge in [0, 0.05) is 238 Å². The molecule has 666 valence electrons. The number of hydrogen-bond acceptors (Lipinski definition) is 18. The molecule has 0 spiro atoms. The third-order valence-electron chi connectivity index (χ3n) is 22.4. The summed E-state index contributed by atoms with van der Waals surface area (Å²) < 4.78 is 33.8. The van der Waals surface area contributed by atoms with E-state index in [0.29, 0.717) is 58.9 Å². The zero-order valence-electron chi connectivity index (χ0n) is 71.9. The number of aliphatic hydroxyl groups excluding tert-OH is 3. The Morgan fingerprint density at radius 2 is 0.411 bits per heavy atom. The fraction of sp³-hybridized carbons (Fsp3) is 0.400. The van der Waals surface area contributed by atoms with Crippen molar-refractivity contribution in [1.82, 2.24) is 51.1 Å². The van der Waals surface area contributed by atoms with Crippen molar-refractivity contribution in [1.29, 1.82) is 0 Å². The van der Waals surface area contributed by atoms with Crippen LogP contribution >= 0.6 is 63.7 Å². The molecule has 10 aromatic rings.